The van der Waals surface area contributed by atoms with Gasteiger partial charge in [-0.1, -0.05) is 23.7 Å². The van der Waals surface area contributed by atoms with Crippen molar-refractivity contribution in [1.82, 2.24) is 5.43 Å². The molecule has 0 bridgehead atoms. The molecule has 1 N–H and O–H groups in total. The first-order valence-electron chi connectivity index (χ1n) is 7.11. The molecule has 0 aliphatic heterocycles. The first-order chi connectivity index (χ1) is 11.2. The van der Waals surface area contributed by atoms with E-state index in [4.69, 9.17) is 21.1 Å². The molecule has 2 aromatic rings. The van der Waals surface area contributed by atoms with E-state index in [-0.39, 0.29) is 12.5 Å². The van der Waals surface area contributed by atoms with Crippen LogP contribution in [0, 0.1) is 0 Å². The van der Waals surface area contributed by atoms with Crippen LogP contribution >= 0.6 is 11.6 Å². The highest BCUT2D eigenvalue weighted by atomic mass is 35.5. The third-order valence-electron chi connectivity index (χ3n) is 2.80. The highest BCUT2D eigenvalue weighted by molar-refractivity contribution is 6.30. The number of para-hydroxylation sites is 1. The van der Waals surface area contributed by atoms with Gasteiger partial charge in [0, 0.05) is 10.6 Å². The monoisotopic (exact) mass is 332 g/mol. The lowest BCUT2D eigenvalue weighted by Crippen LogP contribution is -2.24. The zero-order chi connectivity index (χ0) is 16.5. The highest BCUT2D eigenvalue weighted by Gasteiger charge is 2.02. The molecule has 0 saturated carbocycles. The van der Waals surface area contributed by atoms with E-state index in [1.807, 2.05) is 31.2 Å². The zero-order valence-corrected chi connectivity index (χ0v) is 13.4. The Morgan fingerprint density at radius 3 is 2.65 bits per heavy atom. The van der Waals surface area contributed by atoms with E-state index >= 15 is 0 Å². The third-order valence-corrected chi connectivity index (χ3v) is 3.05. The number of hydrazone groups is 1. The number of rotatable bonds is 7. The van der Waals surface area contributed by atoms with Gasteiger partial charge in [-0.3, -0.25) is 4.79 Å². The minimum Gasteiger partial charge on any atom is -0.493 e. The maximum Gasteiger partial charge on any atom is 0.277 e. The van der Waals surface area contributed by atoms with Crippen LogP contribution in [0.3, 0.4) is 0 Å². The SMILES string of the molecule is CCOc1ccccc1C=NNC(=O)COc1ccc(Cl)cc1. The van der Waals surface area contributed by atoms with Gasteiger partial charge in [-0.15, -0.1) is 0 Å². The summed E-state index contributed by atoms with van der Waals surface area (Å²) in [5, 5.41) is 4.52. The fourth-order valence-corrected chi connectivity index (χ4v) is 1.89. The summed E-state index contributed by atoms with van der Waals surface area (Å²) in [7, 11) is 0. The lowest BCUT2D eigenvalue weighted by atomic mass is 10.2. The van der Waals surface area contributed by atoms with E-state index in [0.29, 0.717) is 23.1 Å². The Morgan fingerprint density at radius 1 is 1.17 bits per heavy atom. The average molecular weight is 333 g/mol. The first-order valence-corrected chi connectivity index (χ1v) is 7.49. The lowest BCUT2D eigenvalue weighted by molar-refractivity contribution is -0.123. The van der Waals surface area contributed by atoms with Crippen molar-refractivity contribution in [3.8, 4) is 11.5 Å². The van der Waals surface area contributed by atoms with Crippen molar-refractivity contribution >= 4 is 23.7 Å². The number of nitrogens with zero attached hydrogens (tertiary/aromatic N) is 1. The molecule has 0 aromatic heterocycles. The lowest BCUT2D eigenvalue weighted by Gasteiger charge is -2.06. The Morgan fingerprint density at radius 2 is 1.91 bits per heavy atom. The van der Waals surface area contributed by atoms with Crippen molar-refractivity contribution in [3.05, 3.63) is 59.1 Å². The highest BCUT2D eigenvalue weighted by Crippen LogP contribution is 2.16. The molecule has 0 heterocycles. The maximum absolute atomic E-state index is 11.7. The molecule has 0 radical (unpaired) electrons. The largest absolute Gasteiger partial charge is 0.493 e. The van der Waals surface area contributed by atoms with Crippen molar-refractivity contribution in [2.24, 2.45) is 5.10 Å². The molecule has 0 unspecified atom stereocenters. The van der Waals surface area contributed by atoms with Crippen molar-refractivity contribution < 1.29 is 14.3 Å². The molecule has 0 spiro atoms. The molecule has 5 nitrogen and oxygen atoms in total. The summed E-state index contributed by atoms with van der Waals surface area (Å²) in [6, 6.07) is 14.2. The van der Waals surface area contributed by atoms with E-state index in [0.717, 1.165) is 5.56 Å². The second-order valence-electron chi connectivity index (χ2n) is 4.51. The van der Waals surface area contributed by atoms with Crippen LogP contribution in [0.15, 0.2) is 53.6 Å². The first kappa shape index (κ1) is 16.8. The summed E-state index contributed by atoms with van der Waals surface area (Å²) in [5.41, 5.74) is 3.19. The Kier molecular flexibility index (Phi) is 6.44. The van der Waals surface area contributed by atoms with Gasteiger partial charge in [-0.05, 0) is 43.3 Å². The molecule has 6 heteroatoms. The quantitative estimate of drug-likeness (QED) is 0.625. The molecule has 0 fully saturated rings. The number of hydrogen-bond donors (Lipinski definition) is 1. The van der Waals surface area contributed by atoms with E-state index in [2.05, 4.69) is 10.5 Å². The number of amides is 1. The van der Waals surface area contributed by atoms with Crippen molar-refractivity contribution in [3.63, 3.8) is 0 Å². The number of carbonyl (C=O) groups is 1. The maximum atomic E-state index is 11.7. The number of halogens is 1. The Labute approximate surface area is 139 Å². The molecule has 0 atom stereocenters. The minimum absolute atomic E-state index is 0.133. The fourth-order valence-electron chi connectivity index (χ4n) is 1.76. The van der Waals surface area contributed by atoms with Crippen LogP contribution < -0.4 is 14.9 Å². The van der Waals surface area contributed by atoms with Crippen molar-refractivity contribution in [1.29, 1.82) is 0 Å². The van der Waals surface area contributed by atoms with Gasteiger partial charge in [0.15, 0.2) is 6.61 Å². The summed E-state index contributed by atoms with van der Waals surface area (Å²) in [4.78, 5) is 11.7. The molecule has 120 valence electrons. The smallest absolute Gasteiger partial charge is 0.277 e. The fraction of sp³-hybridized carbons (Fsp3) is 0.176. The van der Waals surface area contributed by atoms with E-state index in [9.17, 15) is 4.79 Å². The molecular formula is C17H17ClN2O3. The van der Waals surface area contributed by atoms with E-state index in [1.54, 1.807) is 24.3 Å². The van der Waals surface area contributed by atoms with Crippen LogP contribution in [0.5, 0.6) is 11.5 Å². The average Bonchev–Trinajstić information content (AvgIpc) is 2.56. The van der Waals surface area contributed by atoms with Crippen LogP contribution in [0.2, 0.25) is 5.02 Å². The summed E-state index contributed by atoms with van der Waals surface area (Å²) >= 11 is 5.77. The van der Waals surface area contributed by atoms with E-state index < -0.39 is 0 Å². The van der Waals surface area contributed by atoms with Gasteiger partial charge in [-0.2, -0.15) is 5.10 Å². The number of ether oxygens (including phenoxy) is 2. The van der Waals surface area contributed by atoms with Gasteiger partial charge in [0.25, 0.3) is 5.91 Å². The Bertz CT molecular complexity index is 672. The summed E-state index contributed by atoms with van der Waals surface area (Å²) in [6.45, 7) is 2.34. The number of benzene rings is 2. The molecule has 0 aliphatic carbocycles. The topological polar surface area (TPSA) is 59.9 Å². The second-order valence-corrected chi connectivity index (χ2v) is 4.94. The molecule has 1 amide bonds. The normalized spacial score (nSPS) is 10.5. The molecule has 0 saturated heterocycles. The van der Waals surface area contributed by atoms with Crippen molar-refractivity contribution in [2.75, 3.05) is 13.2 Å². The van der Waals surface area contributed by atoms with Gasteiger partial charge in [0.2, 0.25) is 0 Å². The van der Waals surface area contributed by atoms with Crippen LogP contribution in [-0.4, -0.2) is 25.3 Å². The van der Waals surface area contributed by atoms with Crippen LogP contribution in [-0.2, 0) is 4.79 Å². The molecule has 2 aromatic carbocycles. The predicted molar refractivity (Wildman–Crippen MR) is 90.3 cm³/mol. The second kappa shape index (κ2) is 8.80. The van der Waals surface area contributed by atoms with Gasteiger partial charge in [0.1, 0.15) is 11.5 Å². The number of carbonyl (C=O) groups excluding carboxylic acids is 1. The number of nitrogens with one attached hydrogen (secondary N) is 1. The van der Waals surface area contributed by atoms with Gasteiger partial charge < -0.3 is 9.47 Å². The van der Waals surface area contributed by atoms with Crippen LogP contribution in [0.25, 0.3) is 0 Å². The van der Waals surface area contributed by atoms with Crippen LogP contribution in [0.4, 0.5) is 0 Å². The Balaban J connectivity index is 1.83. The van der Waals surface area contributed by atoms with Gasteiger partial charge >= 0.3 is 0 Å². The predicted octanol–water partition coefficient (Wildman–Crippen LogP) is 3.27. The van der Waals surface area contributed by atoms with Crippen molar-refractivity contribution in [2.45, 2.75) is 6.92 Å². The third kappa shape index (κ3) is 5.64. The van der Waals surface area contributed by atoms with Gasteiger partial charge in [-0.25, -0.2) is 5.43 Å². The molecule has 23 heavy (non-hydrogen) atoms. The van der Waals surface area contributed by atoms with E-state index in [1.165, 1.54) is 6.21 Å². The summed E-state index contributed by atoms with van der Waals surface area (Å²) in [5.74, 6) is 0.922. The molecule has 0 aliphatic rings. The number of hydrogen-bond acceptors (Lipinski definition) is 4. The molecule has 2 rings (SSSR count). The summed E-state index contributed by atoms with van der Waals surface area (Å²) < 4.78 is 10.8. The Hall–Kier alpha value is -2.53. The summed E-state index contributed by atoms with van der Waals surface area (Å²) in [6.07, 6.45) is 1.53. The van der Waals surface area contributed by atoms with Crippen LogP contribution in [0.1, 0.15) is 12.5 Å². The standard InChI is InChI=1S/C17H17ClN2O3/c1-2-22-16-6-4-3-5-13(16)11-19-20-17(21)12-23-15-9-7-14(18)8-10-15/h3-11H,2,12H2,1H3,(H,20,21). The molecular weight excluding hydrogens is 316 g/mol. The zero-order valence-electron chi connectivity index (χ0n) is 12.7. The minimum atomic E-state index is -0.356. The van der Waals surface area contributed by atoms with Gasteiger partial charge in [0.05, 0.1) is 12.8 Å².